The van der Waals surface area contributed by atoms with Gasteiger partial charge in [-0.2, -0.15) is 0 Å². The minimum atomic E-state index is -0.353. The summed E-state index contributed by atoms with van der Waals surface area (Å²) < 4.78 is 5.97. The average molecular weight is 282 g/mol. The van der Waals surface area contributed by atoms with Gasteiger partial charge in [-0.05, 0) is 32.6 Å². The van der Waals surface area contributed by atoms with Crippen LogP contribution in [0.5, 0.6) is 0 Å². The lowest BCUT2D eigenvalue weighted by molar-refractivity contribution is -0.150. The first kappa shape index (κ1) is 15.3. The van der Waals surface area contributed by atoms with Crippen LogP contribution in [0.15, 0.2) is 0 Å². The molecule has 0 aromatic carbocycles. The van der Waals surface area contributed by atoms with Crippen molar-refractivity contribution in [1.82, 2.24) is 10.2 Å². The minimum absolute atomic E-state index is 0.00297. The molecule has 2 aliphatic heterocycles. The molecule has 2 aliphatic rings. The largest absolute Gasteiger partial charge is 0.371 e. The van der Waals surface area contributed by atoms with Crippen LogP contribution in [0.2, 0.25) is 0 Å². The van der Waals surface area contributed by atoms with Crippen LogP contribution in [0, 0.1) is 5.92 Å². The Hall–Kier alpha value is -1.10. The van der Waals surface area contributed by atoms with Crippen molar-refractivity contribution >= 4 is 11.8 Å². The fourth-order valence-electron chi connectivity index (χ4n) is 3.10. The molecule has 0 spiro atoms. The smallest absolute Gasteiger partial charge is 0.243 e. The number of ether oxygens (including phenoxy) is 1. The molecule has 2 rings (SSSR count). The first-order valence-corrected chi connectivity index (χ1v) is 7.59. The maximum atomic E-state index is 12.2. The van der Waals surface area contributed by atoms with Crippen molar-refractivity contribution in [2.45, 2.75) is 64.7 Å². The van der Waals surface area contributed by atoms with Gasteiger partial charge in [-0.25, -0.2) is 0 Å². The molecule has 0 radical (unpaired) electrons. The molecule has 114 valence electrons. The molecule has 3 unspecified atom stereocenters. The Morgan fingerprint density at radius 1 is 1.45 bits per heavy atom. The Bertz CT molecular complexity index is 395. The molecule has 2 amide bonds. The molecular formula is C15H26N2O3. The van der Waals surface area contributed by atoms with Crippen molar-refractivity contribution in [3.63, 3.8) is 0 Å². The van der Waals surface area contributed by atoms with E-state index < -0.39 is 0 Å². The molecule has 2 heterocycles. The van der Waals surface area contributed by atoms with Crippen molar-refractivity contribution < 1.29 is 14.3 Å². The van der Waals surface area contributed by atoms with Gasteiger partial charge >= 0.3 is 0 Å². The van der Waals surface area contributed by atoms with Gasteiger partial charge in [0, 0.05) is 6.54 Å². The lowest BCUT2D eigenvalue weighted by atomic mass is 9.94. The van der Waals surface area contributed by atoms with Gasteiger partial charge in [-0.1, -0.05) is 20.3 Å². The summed E-state index contributed by atoms with van der Waals surface area (Å²) in [7, 11) is 0. The average Bonchev–Trinajstić information content (AvgIpc) is 2.73. The second kappa shape index (κ2) is 5.72. The molecule has 1 N–H and O–H groups in total. The molecule has 20 heavy (non-hydrogen) atoms. The molecule has 0 saturated carbocycles. The van der Waals surface area contributed by atoms with Crippen LogP contribution in [-0.2, 0) is 14.3 Å². The first-order chi connectivity index (χ1) is 9.34. The number of hydrogen-bond acceptors (Lipinski definition) is 3. The van der Waals surface area contributed by atoms with Crippen molar-refractivity contribution in [2.24, 2.45) is 5.92 Å². The molecular weight excluding hydrogens is 256 g/mol. The number of amides is 2. The van der Waals surface area contributed by atoms with E-state index in [-0.39, 0.29) is 42.0 Å². The van der Waals surface area contributed by atoms with E-state index in [0.717, 1.165) is 19.3 Å². The number of piperazine rings is 1. The quantitative estimate of drug-likeness (QED) is 0.846. The fourth-order valence-corrected chi connectivity index (χ4v) is 3.10. The highest BCUT2D eigenvalue weighted by molar-refractivity contribution is 5.95. The summed E-state index contributed by atoms with van der Waals surface area (Å²) in [4.78, 5) is 26.0. The molecule has 0 aromatic rings. The predicted octanol–water partition coefficient (Wildman–Crippen LogP) is 1.32. The fraction of sp³-hybridized carbons (Fsp3) is 0.867. The van der Waals surface area contributed by atoms with Crippen LogP contribution >= 0.6 is 0 Å². The molecule has 2 fully saturated rings. The van der Waals surface area contributed by atoms with Crippen molar-refractivity contribution in [3.8, 4) is 0 Å². The molecule has 0 aromatic heterocycles. The van der Waals surface area contributed by atoms with Crippen LogP contribution in [-0.4, -0.2) is 47.6 Å². The number of hydrogen-bond donors (Lipinski definition) is 1. The van der Waals surface area contributed by atoms with Crippen LogP contribution in [0.4, 0.5) is 0 Å². The van der Waals surface area contributed by atoms with Gasteiger partial charge in [0.2, 0.25) is 11.8 Å². The maximum absolute atomic E-state index is 12.2. The normalized spacial score (nSPS) is 31.3. The number of carbonyl (C=O) groups excluding carboxylic acids is 2. The highest BCUT2D eigenvalue weighted by Crippen LogP contribution is 2.31. The maximum Gasteiger partial charge on any atom is 0.243 e. The van der Waals surface area contributed by atoms with Crippen LogP contribution in [0.25, 0.3) is 0 Å². The topological polar surface area (TPSA) is 58.6 Å². The zero-order valence-electron chi connectivity index (χ0n) is 12.9. The molecule has 2 saturated heterocycles. The zero-order valence-corrected chi connectivity index (χ0v) is 12.9. The van der Waals surface area contributed by atoms with E-state index in [2.05, 4.69) is 19.2 Å². The number of nitrogens with one attached hydrogen (secondary N) is 1. The zero-order chi connectivity index (χ0) is 14.9. The highest BCUT2D eigenvalue weighted by atomic mass is 16.5. The third kappa shape index (κ3) is 3.14. The van der Waals surface area contributed by atoms with E-state index in [1.54, 1.807) is 4.90 Å². The summed E-state index contributed by atoms with van der Waals surface area (Å²) in [6.45, 7) is 8.86. The van der Waals surface area contributed by atoms with Crippen molar-refractivity contribution in [3.05, 3.63) is 0 Å². The van der Waals surface area contributed by atoms with Gasteiger partial charge in [0.1, 0.15) is 6.04 Å². The van der Waals surface area contributed by atoms with Gasteiger partial charge in [-0.15, -0.1) is 0 Å². The Morgan fingerprint density at radius 3 is 2.70 bits per heavy atom. The monoisotopic (exact) mass is 282 g/mol. The molecule has 5 heteroatoms. The van der Waals surface area contributed by atoms with Crippen molar-refractivity contribution in [1.29, 1.82) is 0 Å². The standard InChI is InChI=1S/C15H26N2O3/c1-5-10(2)13-14(19)16-8-12(18)17(13)9-11-6-7-15(3,4)20-11/h10-11,13H,5-9H2,1-4H3,(H,16,19). The van der Waals surface area contributed by atoms with Crippen LogP contribution in [0.1, 0.15) is 47.0 Å². The second-order valence-corrected chi connectivity index (χ2v) is 6.63. The Kier molecular flexibility index (Phi) is 4.37. The lowest BCUT2D eigenvalue weighted by Gasteiger charge is -2.39. The van der Waals surface area contributed by atoms with Gasteiger partial charge in [0.05, 0.1) is 18.2 Å². The molecule has 0 bridgehead atoms. The summed E-state index contributed by atoms with van der Waals surface area (Å²) >= 11 is 0. The molecule has 5 nitrogen and oxygen atoms in total. The highest BCUT2D eigenvalue weighted by Gasteiger charge is 2.41. The summed E-state index contributed by atoms with van der Waals surface area (Å²) in [5, 5.41) is 2.70. The van der Waals surface area contributed by atoms with E-state index in [0.29, 0.717) is 6.54 Å². The van der Waals surface area contributed by atoms with E-state index in [1.165, 1.54) is 0 Å². The van der Waals surface area contributed by atoms with E-state index in [4.69, 9.17) is 4.74 Å². The summed E-state index contributed by atoms with van der Waals surface area (Å²) in [6.07, 6.45) is 2.87. The lowest BCUT2D eigenvalue weighted by Crippen LogP contribution is -2.61. The number of carbonyl (C=O) groups is 2. The predicted molar refractivity (Wildman–Crippen MR) is 76.2 cm³/mol. The van der Waals surface area contributed by atoms with Gasteiger partial charge < -0.3 is 15.0 Å². The third-order valence-electron chi connectivity index (χ3n) is 4.48. The van der Waals surface area contributed by atoms with Gasteiger partial charge in [-0.3, -0.25) is 9.59 Å². The van der Waals surface area contributed by atoms with Gasteiger partial charge in [0.25, 0.3) is 0 Å². The molecule has 0 aliphatic carbocycles. The Morgan fingerprint density at radius 2 is 2.15 bits per heavy atom. The Balaban J connectivity index is 2.09. The van der Waals surface area contributed by atoms with Gasteiger partial charge in [0.15, 0.2) is 0 Å². The Labute approximate surface area is 121 Å². The summed E-state index contributed by atoms with van der Waals surface area (Å²) in [5.41, 5.74) is -0.113. The van der Waals surface area contributed by atoms with Crippen LogP contribution in [0.3, 0.4) is 0 Å². The molecule has 3 atom stereocenters. The van der Waals surface area contributed by atoms with Crippen molar-refractivity contribution in [2.75, 3.05) is 13.1 Å². The SMILES string of the molecule is CCC(C)C1C(=O)NCC(=O)N1CC1CCC(C)(C)O1. The van der Waals surface area contributed by atoms with E-state index in [9.17, 15) is 9.59 Å². The van der Waals surface area contributed by atoms with E-state index in [1.807, 2.05) is 13.8 Å². The third-order valence-corrected chi connectivity index (χ3v) is 4.48. The number of rotatable bonds is 4. The first-order valence-electron chi connectivity index (χ1n) is 7.59. The summed E-state index contributed by atoms with van der Waals surface area (Å²) in [5.74, 6) is 0.132. The summed E-state index contributed by atoms with van der Waals surface area (Å²) in [6, 6.07) is -0.353. The van der Waals surface area contributed by atoms with Crippen LogP contribution < -0.4 is 5.32 Å². The number of nitrogens with zero attached hydrogens (tertiary/aromatic N) is 1. The van der Waals surface area contributed by atoms with E-state index >= 15 is 0 Å². The second-order valence-electron chi connectivity index (χ2n) is 6.63. The minimum Gasteiger partial charge on any atom is -0.371 e.